The second kappa shape index (κ2) is 8.49. The Bertz CT molecular complexity index is 937. The van der Waals surface area contributed by atoms with Crippen molar-refractivity contribution in [2.45, 2.75) is 5.75 Å². The third-order valence-electron chi connectivity index (χ3n) is 3.77. The molecule has 0 saturated heterocycles. The first kappa shape index (κ1) is 17.9. The van der Waals surface area contributed by atoms with Crippen molar-refractivity contribution in [2.75, 3.05) is 11.1 Å². The first-order chi connectivity index (χ1) is 12.6. The van der Waals surface area contributed by atoms with Gasteiger partial charge in [-0.05, 0) is 23.8 Å². The van der Waals surface area contributed by atoms with Gasteiger partial charge in [0.2, 0.25) is 5.91 Å². The minimum absolute atomic E-state index is 0.0288. The summed E-state index contributed by atoms with van der Waals surface area (Å²) in [5, 5.41) is 7.11. The molecule has 3 aromatic rings. The molecule has 1 N–H and O–H groups in total. The Morgan fingerprint density at radius 2 is 1.77 bits per heavy atom. The molecule has 0 unspecified atom stereocenters. The van der Waals surface area contributed by atoms with Gasteiger partial charge < -0.3 is 5.32 Å². The molecule has 1 aromatic heterocycles. The van der Waals surface area contributed by atoms with Gasteiger partial charge in [0, 0.05) is 30.1 Å². The van der Waals surface area contributed by atoms with E-state index in [1.54, 1.807) is 24.9 Å². The lowest BCUT2D eigenvalue weighted by Crippen LogP contribution is -2.18. The molecule has 0 aliphatic rings. The van der Waals surface area contributed by atoms with E-state index in [-0.39, 0.29) is 11.5 Å². The lowest BCUT2D eigenvalue weighted by atomic mass is 10.1. The van der Waals surface area contributed by atoms with Crippen LogP contribution in [0.15, 0.2) is 71.5 Å². The first-order valence-corrected chi connectivity index (χ1v) is 9.33. The molecular weight excluding hydrogens is 346 g/mol. The summed E-state index contributed by atoms with van der Waals surface area (Å²) in [7, 11) is 1.62. The van der Waals surface area contributed by atoms with Crippen LogP contribution in [-0.4, -0.2) is 21.4 Å². The van der Waals surface area contributed by atoms with E-state index in [4.69, 9.17) is 0 Å². The summed E-state index contributed by atoms with van der Waals surface area (Å²) >= 11 is 1.58. The average molecular weight is 365 g/mol. The molecule has 2 aromatic carbocycles. The third-order valence-corrected chi connectivity index (χ3v) is 4.77. The van der Waals surface area contributed by atoms with E-state index in [1.807, 2.05) is 42.5 Å². The summed E-state index contributed by atoms with van der Waals surface area (Å²) in [6.45, 7) is 0. The van der Waals surface area contributed by atoms with Crippen molar-refractivity contribution in [3.05, 3.63) is 82.6 Å². The molecule has 0 spiro atoms. The number of carbonyl (C=O) groups excluding carboxylic acids is 1. The van der Waals surface area contributed by atoms with Gasteiger partial charge in [0.15, 0.2) is 0 Å². The maximum Gasteiger partial charge on any atom is 0.266 e. The molecule has 0 bridgehead atoms. The number of hydrogen-bond acceptors (Lipinski definition) is 4. The number of nitrogens with zero attached hydrogens (tertiary/aromatic N) is 2. The van der Waals surface area contributed by atoms with Crippen LogP contribution in [0.1, 0.15) is 5.56 Å². The number of aromatic nitrogens is 2. The normalized spacial score (nSPS) is 10.5. The predicted octanol–water partition coefficient (Wildman–Crippen LogP) is 3.32. The highest BCUT2D eigenvalue weighted by Gasteiger charge is 2.05. The van der Waals surface area contributed by atoms with Crippen molar-refractivity contribution in [1.82, 2.24) is 9.78 Å². The average Bonchev–Trinajstić information content (AvgIpc) is 2.65. The van der Waals surface area contributed by atoms with E-state index in [9.17, 15) is 9.59 Å². The highest BCUT2D eigenvalue weighted by molar-refractivity contribution is 7.99. The van der Waals surface area contributed by atoms with Crippen LogP contribution in [0, 0.1) is 0 Å². The Labute approximate surface area is 156 Å². The summed E-state index contributed by atoms with van der Waals surface area (Å²) in [5.41, 5.74) is 3.40. The Hall–Kier alpha value is -2.86. The molecule has 3 rings (SSSR count). The number of anilines is 1. The molecule has 26 heavy (non-hydrogen) atoms. The van der Waals surface area contributed by atoms with Gasteiger partial charge in [-0.15, -0.1) is 11.8 Å². The zero-order valence-corrected chi connectivity index (χ0v) is 15.2. The summed E-state index contributed by atoms with van der Waals surface area (Å²) in [6.07, 6.45) is 0. The summed E-state index contributed by atoms with van der Waals surface area (Å²) < 4.78 is 1.30. The van der Waals surface area contributed by atoms with E-state index in [1.165, 1.54) is 16.3 Å². The Morgan fingerprint density at radius 1 is 1.04 bits per heavy atom. The Kier molecular flexibility index (Phi) is 5.86. The van der Waals surface area contributed by atoms with Crippen LogP contribution >= 0.6 is 11.8 Å². The largest absolute Gasteiger partial charge is 0.325 e. The van der Waals surface area contributed by atoms with Crippen LogP contribution in [-0.2, 0) is 17.6 Å². The first-order valence-electron chi connectivity index (χ1n) is 8.18. The maximum atomic E-state index is 12.1. The van der Waals surface area contributed by atoms with E-state index in [0.717, 1.165) is 17.0 Å². The number of nitrogens with one attached hydrogen (secondary N) is 1. The van der Waals surface area contributed by atoms with Gasteiger partial charge >= 0.3 is 0 Å². The molecule has 6 heteroatoms. The summed E-state index contributed by atoms with van der Waals surface area (Å²) in [5.74, 6) is 1.18. The highest BCUT2D eigenvalue weighted by Crippen LogP contribution is 2.19. The summed E-state index contributed by atoms with van der Waals surface area (Å²) in [4.78, 5) is 23.5. The molecule has 0 aliphatic carbocycles. The topological polar surface area (TPSA) is 64.0 Å². The van der Waals surface area contributed by atoms with Crippen LogP contribution in [0.3, 0.4) is 0 Å². The van der Waals surface area contributed by atoms with Crippen molar-refractivity contribution in [3.8, 4) is 11.3 Å². The molecule has 0 atom stereocenters. The number of benzene rings is 2. The predicted molar refractivity (Wildman–Crippen MR) is 106 cm³/mol. The van der Waals surface area contributed by atoms with E-state index < -0.39 is 0 Å². The maximum absolute atomic E-state index is 12.1. The summed E-state index contributed by atoms with van der Waals surface area (Å²) in [6, 6.07) is 20.7. The quantitative estimate of drug-likeness (QED) is 0.728. The zero-order chi connectivity index (χ0) is 18.4. The Morgan fingerprint density at radius 3 is 2.46 bits per heavy atom. The van der Waals surface area contributed by atoms with E-state index in [2.05, 4.69) is 22.5 Å². The molecule has 0 fully saturated rings. The molecule has 5 nitrogen and oxygen atoms in total. The van der Waals surface area contributed by atoms with Crippen LogP contribution in [0.25, 0.3) is 11.3 Å². The van der Waals surface area contributed by atoms with Crippen molar-refractivity contribution in [2.24, 2.45) is 7.05 Å². The molecule has 132 valence electrons. The minimum atomic E-state index is -0.148. The number of carbonyl (C=O) groups is 1. The fraction of sp³-hybridized carbons (Fsp3) is 0.150. The van der Waals surface area contributed by atoms with Crippen molar-refractivity contribution >= 4 is 23.4 Å². The van der Waals surface area contributed by atoms with Gasteiger partial charge in [-0.25, -0.2) is 4.68 Å². The van der Waals surface area contributed by atoms with Crippen molar-refractivity contribution in [3.63, 3.8) is 0 Å². The van der Waals surface area contributed by atoms with Gasteiger partial charge in [0.1, 0.15) is 0 Å². The van der Waals surface area contributed by atoms with Crippen LogP contribution < -0.4 is 10.9 Å². The Balaban J connectivity index is 1.54. The SMILES string of the molecule is Cn1nc(-c2ccc(NC(=O)CSCc3ccccc3)cc2)ccc1=O. The number of thioether (sulfide) groups is 1. The lowest BCUT2D eigenvalue weighted by molar-refractivity contribution is -0.113. The zero-order valence-electron chi connectivity index (χ0n) is 14.4. The molecule has 1 amide bonds. The van der Waals surface area contributed by atoms with Gasteiger partial charge in [0.05, 0.1) is 11.4 Å². The van der Waals surface area contributed by atoms with Gasteiger partial charge in [-0.3, -0.25) is 9.59 Å². The number of amides is 1. The highest BCUT2D eigenvalue weighted by atomic mass is 32.2. The number of aryl methyl sites for hydroxylation is 1. The second-order valence-corrected chi connectivity index (χ2v) is 6.77. The van der Waals surface area contributed by atoms with Crippen molar-refractivity contribution in [1.29, 1.82) is 0 Å². The molecule has 0 radical (unpaired) electrons. The monoisotopic (exact) mass is 365 g/mol. The van der Waals surface area contributed by atoms with Crippen LogP contribution in [0.5, 0.6) is 0 Å². The third kappa shape index (κ3) is 4.83. The standard InChI is InChI=1S/C20H19N3O2S/c1-23-20(25)12-11-18(22-23)16-7-9-17(10-8-16)21-19(24)14-26-13-15-5-3-2-4-6-15/h2-12H,13-14H2,1H3,(H,21,24). The van der Waals surface area contributed by atoms with Crippen LogP contribution in [0.2, 0.25) is 0 Å². The lowest BCUT2D eigenvalue weighted by Gasteiger charge is -2.07. The number of hydrogen-bond donors (Lipinski definition) is 1. The fourth-order valence-corrected chi connectivity index (χ4v) is 3.20. The smallest absolute Gasteiger partial charge is 0.266 e. The van der Waals surface area contributed by atoms with E-state index >= 15 is 0 Å². The molecule has 1 heterocycles. The van der Waals surface area contributed by atoms with Crippen molar-refractivity contribution < 1.29 is 4.79 Å². The fourth-order valence-electron chi connectivity index (χ4n) is 2.41. The van der Waals surface area contributed by atoms with Gasteiger partial charge in [-0.1, -0.05) is 42.5 Å². The molecule has 0 aliphatic heterocycles. The molecular formula is C20H19N3O2S. The minimum Gasteiger partial charge on any atom is -0.325 e. The van der Waals surface area contributed by atoms with Gasteiger partial charge in [0.25, 0.3) is 5.56 Å². The van der Waals surface area contributed by atoms with Gasteiger partial charge in [-0.2, -0.15) is 5.10 Å². The molecule has 0 saturated carbocycles. The van der Waals surface area contributed by atoms with E-state index in [0.29, 0.717) is 11.4 Å². The second-order valence-electron chi connectivity index (χ2n) is 5.78. The number of rotatable bonds is 6. The van der Waals surface area contributed by atoms with Crippen LogP contribution in [0.4, 0.5) is 5.69 Å².